The maximum absolute atomic E-state index is 14.3. The van der Waals surface area contributed by atoms with Gasteiger partial charge in [-0.15, -0.1) is 0 Å². The molecule has 2 N–H and O–H groups in total. The Kier molecular flexibility index (Phi) is 9.92. The first kappa shape index (κ1) is 31.4. The molecule has 1 heterocycles. The number of carboxylic acids is 1. The molecule has 1 aliphatic heterocycles. The van der Waals surface area contributed by atoms with Gasteiger partial charge in [-0.05, 0) is 54.2 Å². The molecule has 1 aliphatic rings. The van der Waals surface area contributed by atoms with E-state index in [0.717, 1.165) is 11.1 Å². The molecule has 0 radical (unpaired) electrons. The van der Waals surface area contributed by atoms with E-state index in [4.69, 9.17) is 4.43 Å². The molecule has 0 saturated carbocycles. The molecule has 1 amide bonds. The van der Waals surface area contributed by atoms with Gasteiger partial charge >= 0.3 is 5.97 Å². The predicted molar refractivity (Wildman–Crippen MR) is 156 cm³/mol. The summed E-state index contributed by atoms with van der Waals surface area (Å²) in [5.74, 6) is -1.71. The second-order valence-corrected chi connectivity index (χ2v) is 17.0. The van der Waals surface area contributed by atoms with Gasteiger partial charge in [0, 0.05) is 29.0 Å². The quantitative estimate of drug-likeness (QED) is 0.197. The summed E-state index contributed by atoms with van der Waals surface area (Å²) in [4.78, 5) is 39.1. The Balaban J connectivity index is 2.06. The summed E-state index contributed by atoms with van der Waals surface area (Å²) in [6.07, 6.45) is 0.376. The Bertz CT molecular complexity index is 1240. The lowest BCUT2D eigenvalue weighted by Crippen LogP contribution is -2.50. The third kappa shape index (κ3) is 6.97. The number of carbonyl (C=O) groups excluding carboxylic acids is 1. The van der Waals surface area contributed by atoms with Crippen LogP contribution in [-0.4, -0.2) is 58.9 Å². The highest BCUT2D eigenvalue weighted by molar-refractivity contribution is 6.74. The normalized spacial score (nSPS) is 17.2. The first-order valence-electron chi connectivity index (χ1n) is 13.9. The number of benzene rings is 2. The average molecular weight is 571 g/mol. The molecule has 3 rings (SSSR count). The average Bonchev–Trinajstić information content (AvgIpc) is 2.89. The summed E-state index contributed by atoms with van der Waals surface area (Å²) in [6.45, 7) is 13.2. The highest BCUT2D eigenvalue weighted by Crippen LogP contribution is 2.37. The van der Waals surface area contributed by atoms with E-state index in [9.17, 15) is 29.9 Å². The van der Waals surface area contributed by atoms with E-state index in [0.29, 0.717) is 25.9 Å². The van der Waals surface area contributed by atoms with E-state index in [1.807, 2.05) is 31.2 Å². The second-order valence-electron chi connectivity index (χ2n) is 12.2. The topological polar surface area (TPSA) is 130 Å². The van der Waals surface area contributed by atoms with Crippen LogP contribution in [0, 0.1) is 10.1 Å². The summed E-state index contributed by atoms with van der Waals surface area (Å²) >= 11 is 0. The first-order valence-corrected chi connectivity index (χ1v) is 16.8. The lowest BCUT2D eigenvalue weighted by atomic mass is 9.90. The highest BCUT2D eigenvalue weighted by Gasteiger charge is 2.40. The number of nitro groups is 1. The van der Waals surface area contributed by atoms with Gasteiger partial charge in [-0.25, -0.2) is 4.79 Å². The van der Waals surface area contributed by atoms with Crippen molar-refractivity contribution in [3.8, 4) is 0 Å². The lowest BCUT2D eigenvalue weighted by Gasteiger charge is -2.41. The molecular formula is C30H42N2O7Si. The second kappa shape index (κ2) is 12.6. The van der Waals surface area contributed by atoms with Crippen LogP contribution >= 0.6 is 0 Å². The van der Waals surface area contributed by atoms with Crippen LogP contribution in [0.1, 0.15) is 90.5 Å². The van der Waals surface area contributed by atoms with Gasteiger partial charge in [0.1, 0.15) is 6.10 Å². The molecule has 218 valence electrons. The number of carbonyl (C=O) groups is 2. The third-order valence-corrected chi connectivity index (χ3v) is 12.9. The summed E-state index contributed by atoms with van der Waals surface area (Å²) < 4.78 is 6.53. The maximum atomic E-state index is 14.3. The minimum Gasteiger partial charge on any atom is -0.478 e. The summed E-state index contributed by atoms with van der Waals surface area (Å²) in [6, 6.07) is 10.0. The summed E-state index contributed by atoms with van der Waals surface area (Å²) in [5, 5.41) is 32.7. The number of aliphatic hydroxyl groups is 1. The van der Waals surface area contributed by atoms with Gasteiger partial charge < -0.3 is 19.5 Å². The minimum atomic E-state index is -2.15. The van der Waals surface area contributed by atoms with Crippen LogP contribution in [0.15, 0.2) is 42.5 Å². The number of nitrogens with zero attached hydrogens (tertiary/aromatic N) is 2. The van der Waals surface area contributed by atoms with Crippen LogP contribution in [-0.2, 0) is 17.4 Å². The van der Waals surface area contributed by atoms with Gasteiger partial charge in [0.2, 0.25) is 6.04 Å². The number of amides is 1. The Hall–Kier alpha value is -3.08. The SMILES string of the molecule is CCCCC(C(O)c1ccc(C(=O)O)cc1C(=O)N1Cc2ccccc2C[C@H]1CO[Si](C)(C)C(C)(C)C)[N+](=O)[O-]. The number of aliphatic hydroxyl groups excluding tert-OH is 1. The smallest absolute Gasteiger partial charge is 0.335 e. The van der Waals surface area contributed by atoms with Crippen LogP contribution in [0.4, 0.5) is 0 Å². The van der Waals surface area contributed by atoms with Gasteiger partial charge in [0.15, 0.2) is 8.32 Å². The molecule has 0 aromatic heterocycles. The summed E-state index contributed by atoms with van der Waals surface area (Å²) in [5.41, 5.74) is 1.99. The molecular weight excluding hydrogens is 528 g/mol. The van der Waals surface area contributed by atoms with E-state index in [-0.39, 0.29) is 40.7 Å². The summed E-state index contributed by atoms with van der Waals surface area (Å²) in [7, 11) is -2.15. The molecule has 0 fully saturated rings. The van der Waals surface area contributed by atoms with Crippen molar-refractivity contribution in [1.82, 2.24) is 4.90 Å². The van der Waals surface area contributed by atoms with Gasteiger partial charge in [-0.3, -0.25) is 14.9 Å². The molecule has 3 atom stereocenters. The van der Waals surface area contributed by atoms with E-state index in [2.05, 4.69) is 33.9 Å². The molecule has 2 aromatic carbocycles. The molecule has 9 nitrogen and oxygen atoms in total. The molecule has 0 saturated heterocycles. The van der Waals surface area contributed by atoms with Gasteiger partial charge in [0.05, 0.1) is 18.2 Å². The van der Waals surface area contributed by atoms with Gasteiger partial charge in [0.25, 0.3) is 5.91 Å². The van der Waals surface area contributed by atoms with E-state index in [1.54, 1.807) is 4.90 Å². The van der Waals surface area contributed by atoms with Crippen molar-refractivity contribution in [2.75, 3.05) is 6.61 Å². The fourth-order valence-electron chi connectivity index (χ4n) is 4.78. The zero-order valence-electron chi connectivity index (χ0n) is 24.3. The van der Waals surface area contributed by atoms with E-state index in [1.165, 1.54) is 18.2 Å². The molecule has 0 spiro atoms. The Morgan fingerprint density at radius 1 is 1.18 bits per heavy atom. The third-order valence-electron chi connectivity index (χ3n) is 8.40. The lowest BCUT2D eigenvalue weighted by molar-refractivity contribution is -0.537. The van der Waals surface area contributed by atoms with Crippen molar-refractivity contribution in [1.29, 1.82) is 0 Å². The number of unbranched alkanes of at least 4 members (excludes halogenated alkanes) is 1. The molecule has 0 aliphatic carbocycles. The molecule has 0 bridgehead atoms. The fourth-order valence-corrected chi connectivity index (χ4v) is 5.82. The number of fused-ring (bicyclic) bond motifs is 1. The van der Waals surface area contributed by atoms with Crippen LogP contribution in [0.2, 0.25) is 18.1 Å². The minimum absolute atomic E-state index is 0.0302. The zero-order valence-corrected chi connectivity index (χ0v) is 25.3. The van der Waals surface area contributed by atoms with Crippen LogP contribution in [0.5, 0.6) is 0 Å². The fraction of sp³-hybridized carbons (Fsp3) is 0.533. The Morgan fingerprint density at radius 3 is 2.40 bits per heavy atom. The van der Waals surface area contributed by atoms with E-state index < -0.39 is 37.3 Å². The van der Waals surface area contributed by atoms with Gasteiger partial charge in [-0.1, -0.05) is 64.4 Å². The van der Waals surface area contributed by atoms with Crippen LogP contribution in [0.25, 0.3) is 0 Å². The van der Waals surface area contributed by atoms with Crippen molar-refractivity contribution in [3.63, 3.8) is 0 Å². The number of aromatic carboxylic acids is 1. The van der Waals surface area contributed by atoms with Crippen molar-refractivity contribution in [2.45, 2.75) is 96.2 Å². The van der Waals surface area contributed by atoms with Crippen molar-refractivity contribution in [3.05, 3.63) is 80.4 Å². The standard InChI is InChI=1S/C30H42N2O7Si/c1-7-8-13-26(32(37)38)27(33)24-15-14-21(29(35)36)17-25(24)28(34)31-18-22-12-10-9-11-20(22)16-23(31)19-39-40(5,6)30(2,3)4/h9-12,14-15,17,23,26-27,33H,7-8,13,16,18-19H2,1-6H3,(H,35,36)/t23-,26?,27?/m0/s1. The molecule has 10 heteroatoms. The monoisotopic (exact) mass is 570 g/mol. The zero-order chi connectivity index (χ0) is 29.8. The van der Waals surface area contributed by atoms with E-state index >= 15 is 0 Å². The number of hydrogen-bond donors (Lipinski definition) is 2. The number of carboxylic acid groups (broad SMARTS) is 1. The van der Waals surface area contributed by atoms with Crippen molar-refractivity contribution < 1.29 is 29.2 Å². The largest absolute Gasteiger partial charge is 0.478 e. The highest BCUT2D eigenvalue weighted by atomic mass is 28.4. The first-order chi connectivity index (χ1) is 18.7. The predicted octanol–water partition coefficient (Wildman–Crippen LogP) is 5.84. The molecule has 2 aromatic rings. The van der Waals surface area contributed by atoms with Crippen LogP contribution in [0.3, 0.4) is 0 Å². The van der Waals surface area contributed by atoms with Gasteiger partial charge in [-0.2, -0.15) is 0 Å². The Labute approximate surface area is 237 Å². The van der Waals surface area contributed by atoms with Crippen LogP contribution < -0.4 is 0 Å². The maximum Gasteiger partial charge on any atom is 0.335 e. The molecule has 2 unspecified atom stereocenters. The number of rotatable bonds is 11. The van der Waals surface area contributed by atoms with Crippen molar-refractivity contribution in [2.24, 2.45) is 0 Å². The molecule has 40 heavy (non-hydrogen) atoms. The Morgan fingerprint density at radius 2 is 1.82 bits per heavy atom. The number of hydrogen-bond acceptors (Lipinski definition) is 6. The van der Waals surface area contributed by atoms with Crippen molar-refractivity contribution >= 4 is 20.2 Å².